The van der Waals surface area contributed by atoms with Gasteiger partial charge in [-0.25, -0.2) is 0 Å². The standard InChI is InChI=1S/C31H33N3O4S/c1-4-32-31(37)29-28(20-8-10-23(11-9-20)34-12-14-39-15-13-34)30(38-33-29)25-17-24(26(35)18-27(25)36)22-7-5-6-21(16-22)19(2)3/h5-11,16-19,35-36H,4,12-15H2,1-3H3,(H,32,37). The molecule has 2 heterocycles. The number of rotatable bonds is 7. The van der Waals surface area contributed by atoms with Gasteiger partial charge in [-0.2, -0.15) is 11.8 Å². The molecule has 0 unspecified atom stereocenters. The lowest BCUT2D eigenvalue weighted by molar-refractivity contribution is 0.0947. The third-order valence-electron chi connectivity index (χ3n) is 7.00. The van der Waals surface area contributed by atoms with E-state index in [1.807, 2.05) is 67.2 Å². The van der Waals surface area contributed by atoms with Gasteiger partial charge in [-0.3, -0.25) is 4.79 Å². The maximum Gasteiger partial charge on any atom is 0.274 e. The number of aromatic nitrogens is 1. The molecule has 8 heteroatoms. The molecule has 1 aromatic heterocycles. The third-order valence-corrected chi connectivity index (χ3v) is 7.94. The van der Waals surface area contributed by atoms with E-state index < -0.39 is 0 Å². The fourth-order valence-corrected chi connectivity index (χ4v) is 5.76. The van der Waals surface area contributed by atoms with Gasteiger partial charge >= 0.3 is 0 Å². The normalized spacial score (nSPS) is 13.6. The number of nitrogens with zero attached hydrogens (tertiary/aromatic N) is 2. The first-order chi connectivity index (χ1) is 18.9. The highest BCUT2D eigenvalue weighted by Crippen LogP contribution is 2.44. The predicted octanol–water partition coefficient (Wildman–Crippen LogP) is 6.51. The van der Waals surface area contributed by atoms with Crippen molar-refractivity contribution in [1.82, 2.24) is 10.5 Å². The highest BCUT2D eigenvalue weighted by atomic mass is 32.2. The Labute approximate surface area is 232 Å². The van der Waals surface area contributed by atoms with Gasteiger partial charge in [0.05, 0.1) is 11.1 Å². The lowest BCUT2D eigenvalue weighted by atomic mass is 9.93. The summed E-state index contributed by atoms with van der Waals surface area (Å²) in [6, 6.07) is 18.9. The molecule has 202 valence electrons. The molecule has 0 spiro atoms. The Hall–Kier alpha value is -3.91. The van der Waals surface area contributed by atoms with Crippen LogP contribution in [0.5, 0.6) is 11.5 Å². The Morgan fingerprint density at radius 1 is 1.00 bits per heavy atom. The van der Waals surface area contributed by atoms with Gasteiger partial charge in [0.2, 0.25) is 0 Å². The van der Waals surface area contributed by atoms with Gasteiger partial charge in [0, 0.05) is 48.5 Å². The monoisotopic (exact) mass is 543 g/mol. The van der Waals surface area contributed by atoms with Gasteiger partial charge in [0.25, 0.3) is 5.91 Å². The topological polar surface area (TPSA) is 98.8 Å². The molecule has 0 saturated carbocycles. The van der Waals surface area contributed by atoms with Crippen molar-refractivity contribution in [2.24, 2.45) is 0 Å². The van der Waals surface area contributed by atoms with E-state index in [1.165, 1.54) is 6.07 Å². The molecule has 1 saturated heterocycles. The maximum atomic E-state index is 13.0. The number of nitrogens with one attached hydrogen (secondary N) is 1. The van der Waals surface area contributed by atoms with Crippen LogP contribution >= 0.6 is 11.8 Å². The van der Waals surface area contributed by atoms with E-state index in [4.69, 9.17) is 4.52 Å². The van der Waals surface area contributed by atoms with Crippen LogP contribution in [-0.4, -0.2) is 52.4 Å². The van der Waals surface area contributed by atoms with E-state index in [0.717, 1.165) is 47.0 Å². The Balaban J connectivity index is 1.62. The van der Waals surface area contributed by atoms with Crippen LogP contribution in [0.25, 0.3) is 33.6 Å². The molecule has 0 atom stereocenters. The molecular formula is C31H33N3O4S. The minimum absolute atomic E-state index is 0.0498. The number of carbonyl (C=O) groups is 1. The second-order valence-corrected chi connectivity index (χ2v) is 11.1. The highest BCUT2D eigenvalue weighted by molar-refractivity contribution is 7.99. The Morgan fingerprint density at radius 2 is 1.72 bits per heavy atom. The third kappa shape index (κ3) is 5.47. The van der Waals surface area contributed by atoms with E-state index in [9.17, 15) is 15.0 Å². The number of amides is 1. The fraction of sp³-hybridized carbons (Fsp3) is 0.290. The van der Waals surface area contributed by atoms with Crippen LogP contribution in [0.2, 0.25) is 0 Å². The summed E-state index contributed by atoms with van der Waals surface area (Å²) in [7, 11) is 0. The zero-order valence-corrected chi connectivity index (χ0v) is 23.2. The molecule has 5 rings (SSSR count). The second-order valence-electron chi connectivity index (χ2n) is 9.91. The molecule has 39 heavy (non-hydrogen) atoms. The number of phenols is 2. The minimum Gasteiger partial charge on any atom is -0.507 e. The molecule has 1 aliphatic rings. The van der Waals surface area contributed by atoms with Crippen molar-refractivity contribution in [1.29, 1.82) is 0 Å². The average Bonchev–Trinajstić information content (AvgIpc) is 3.39. The number of aromatic hydroxyl groups is 2. The van der Waals surface area contributed by atoms with Gasteiger partial charge in [0.1, 0.15) is 11.5 Å². The highest BCUT2D eigenvalue weighted by Gasteiger charge is 2.27. The zero-order valence-electron chi connectivity index (χ0n) is 22.4. The van der Waals surface area contributed by atoms with E-state index in [-0.39, 0.29) is 28.9 Å². The number of carbonyl (C=O) groups excluding carboxylic acids is 1. The quantitative estimate of drug-likeness (QED) is 0.244. The minimum atomic E-state index is -0.359. The van der Waals surface area contributed by atoms with Crippen LogP contribution < -0.4 is 10.2 Å². The average molecular weight is 544 g/mol. The molecule has 1 amide bonds. The number of benzene rings is 3. The molecule has 1 aliphatic heterocycles. The summed E-state index contributed by atoms with van der Waals surface area (Å²) in [5, 5.41) is 28.6. The number of hydrogen-bond donors (Lipinski definition) is 3. The van der Waals surface area contributed by atoms with E-state index in [2.05, 4.69) is 29.2 Å². The lowest BCUT2D eigenvalue weighted by Crippen LogP contribution is -2.32. The summed E-state index contributed by atoms with van der Waals surface area (Å²) in [4.78, 5) is 15.3. The van der Waals surface area contributed by atoms with Gasteiger partial charge in [0.15, 0.2) is 11.5 Å². The summed E-state index contributed by atoms with van der Waals surface area (Å²) in [5.41, 5.74) is 5.34. The van der Waals surface area contributed by atoms with E-state index >= 15 is 0 Å². The largest absolute Gasteiger partial charge is 0.507 e. The zero-order chi connectivity index (χ0) is 27.5. The van der Waals surface area contributed by atoms with Crippen molar-refractivity contribution < 1.29 is 19.5 Å². The van der Waals surface area contributed by atoms with Crippen LogP contribution in [0.4, 0.5) is 5.69 Å². The van der Waals surface area contributed by atoms with Crippen molar-refractivity contribution in [3.05, 3.63) is 71.9 Å². The van der Waals surface area contributed by atoms with Gasteiger partial charge in [-0.15, -0.1) is 0 Å². The van der Waals surface area contributed by atoms with Crippen LogP contribution in [0.15, 0.2) is 65.2 Å². The lowest BCUT2D eigenvalue weighted by Gasteiger charge is -2.28. The van der Waals surface area contributed by atoms with Crippen molar-refractivity contribution in [2.45, 2.75) is 26.7 Å². The molecule has 0 bridgehead atoms. The second kappa shape index (κ2) is 11.5. The fourth-order valence-electron chi connectivity index (χ4n) is 4.86. The first-order valence-electron chi connectivity index (χ1n) is 13.2. The van der Waals surface area contributed by atoms with Crippen molar-refractivity contribution in [3.8, 4) is 45.1 Å². The van der Waals surface area contributed by atoms with Crippen molar-refractivity contribution in [2.75, 3.05) is 36.0 Å². The smallest absolute Gasteiger partial charge is 0.274 e. The molecule has 3 N–H and O–H groups in total. The van der Waals surface area contributed by atoms with Crippen molar-refractivity contribution >= 4 is 23.4 Å². The van der Waals surface area contributed by atoms with Gasteiger partial charge in [-0.05, 0) is 47.7 Å². The molecule has 7 nitrogen and oxygen atoms in total. The van der Waals surface area contributed by atoms with Crippen LogP contribution in [0.3, 0.4) is 0 Å². The molecule has 0 aliphatic carbocycles. The van der Waals surface area contributed by atoms with Crippen LogP contribution in [-0.2, 0) is 0 Å². The summed E-state index contributed by atoms with van der Waals surface area (Å²) in [6.07, 6.45) is 0. The maximum absolute atomic E-state index is 13.0. The van der Waals surface area contributed by atoms with E-state index in [1.54, 1.807) is 6.07 Å². The SMILES string of the molecule is CCNC(=O)c1noc(-c2cc(-c3cccc(C(C)C)c3)c(O)cc2O)c1-c1ccc(N2CCSCC2)cc1. The van der Waals surface area contributed by atoms with E-state index in [0.29, 0.717) is 29.2 Å². The molecule has 0 radical (unpaired) electrons. The predicted molar refractivity (Wildman–Crippen MR) is 158 cm³/mol. The Bertz CT molecular complexity index is 1470. The Kier molecular flexibility index (Phi) is 7.84. The summed E-state index contributed by atoms with van der Waals surface area (Å²) in [6.45, 7) is 8.49. The number of phenolic OH excluding ortho intramolecular Hbond substituents is 2. The molecular weight excluding hydrogens is 510 g/mol. The van der Waals surface area contributed by atoms with Gasteiger partial charge in [-0.1, -0.05) is 55.4 Å². The first-order valence-corrected chi connectivity index (χ1v) is 14.4. The van der Waals surface area contributed by atoms with Crippen LogP contribution in [0, 0.1) is 0 Å². The summed E-state index contributed by atoms with van der Waals surface area (Å²) in [5.74, 6) is 2.20. The number of thioether (sulfide) groups is 1. The molecule has 3 aromatic carbocycles. The number of hydrogen-bond acceptors (Lipinski definition) is 7. The number of anilines is 1. The molecule has 4 aromatic rings. The Morgan fingerprint density at radius 3 is 2.41 bits per heavy atom. The summed E-state index contributed by atoms with van der Waals surface area (Å²) >= 11 is 1.96. The first kappa shape index (κ1) is 26.7. The van der Waals surface area contributed by atoms with Gasteiger partial charge < -0.3 is 25.0 Å². The van der Waals surface area contributed by atoms with Crippen molar-refractivity contribution in [3.63, 3.8) is 0 Å². The van der Waals surface area contributed by atoms with Crippen LogP contribution in [0.1, 0.15) is 42.7 Å². The summed E-state index contributed by atoms with van der Waals surface area (Å²) < 4.78 is 5.76. The molecule has 1 fully saturated rings.